The average Bonchev–Trinajstić information content (AvgIpc) is 2.64. The summed E-state index contributed by atoms with van der Waals surface area (Å²) in [5.41, 5.74) is 12.1. The molecule has 0 fully saturated rings. The maximum atomic E-state index is 12.8. The molecule has 0 aliphatic heterocycles. The fourth-order valence-corrected chi connectivity index (χ4v) is 3.18. The predicted molar refractivity (Wildman–Crippen MR) is 98.6 cm³/mol. The number of alkyl halides is 3. The van der Waals surface area contributed by atoms with Crippen LogP contribution in [0.3, 0.4) is 0 Å². The Morgan fingerprint density at radius 2 is 2.04 bits per heavy atom. The Morgan fingerprint density at radius 3 is 2.52 bits per heavy atom. The van der Waals surface area contributed by atoms with E-state index in [1.165, 1.54) is 12.2 Å². The number of amidine groups is 1. The monoisotopic (exact) mass is 379 g/mol. The molecule has 0 bridgehead atoms. The SMILES string of the molecule is N#CC1C=CC(C(NCCC(=N)N)C(N)C2C=CC(C(F)(F)F)=CC2)=CC1. The molecule has 4 unspecified atom stereocenters. The third kappa shape index (κ3) is 5.81. The van der Waals surface area contributed by atoms with Gasteiger partial charge in [-0.15, -0.1) is 0 Å². The molecule has 0 aromatic carbocycles. The fourth-order valence-electron chi connectivity index (χ4n) is 3.18. The van der Waals surface area contributed by atoms with Crippen molar-refractivity contribution in [3.8, 4) is 6.07 Å². The lowest BCUT2D eigenvalue weighted by Crippen LogP contribution is -2.50. The fraction of sp³-hybridized carbons (Fsp3) is 0.474. The molecule has 146 valence electrons. The van der Waals surface area contributed by atoms with Crippen molar-refractivity contribution in [3.63, 3.8) is 0 Å². The molecule has 0 aromatic heterocycles. The second-order valence-corrected chi connectivity index (χ2v) is 6.73. The van der Waals surface area contributed by atoms with E-state index in [1.54, 1.807) is 6.08 Å². The van der Waals surface area contributed by atoms with Gasteiger partial charge >= 0.3 is 6.18 Å². The number of hydrogen-bond acceptors (Lipinski definition) is 4. The van der Waals surface area contributed by atoms with E-state index >= 15 is 0 Å². The number of allylic oxidation sites excluding steroid dienone is 5. The number of nitrogens with zero attached hydrogens (tertiary/aromatic N) is 1. The van der Waals surface area contributed by atoms with Crippen molar-refractivity contribution in [2.45, 2.75) is 37.5 Å². The number of hydrogen-bond donors (Lipinski definition) is 4. The van der Waals surface area contributed by atoms with E-state index in [-0.39, 0.29) is 30.1 Å². The zero-order chi connectivity index (χ0) is 20.0. The Balaban J connectivity index is 2.11. The van der Waals surface area contributed by atoms with E-state index in [0.29, 0.717) is 19.4 Å². The normalized spacial score (nSPS) is 24.6. The van der Waals surface area contributed by atoms with Crippen LogP contribution in [0.1, 0.15) is 19.3 Å². The van der Waals surface area contributed by atoms with Crippen LogP contribution in [-0.2, 0) is 0 Å². The van der Waals surface area contributed by atoms with Crippen LogP contribution in [-0.4, -0.2) is 30.6 Å². The van der Waals surface area contributed by atoms with E-state index in [2.05, 4.69) is 11.4 Å². The zero-order valence-corrected chi connectivity index (χ0v) is 14.8. The Labute approximate surface area is 156 Å². The van der Waals surface area contributed by atoms with Gasteiger partial charge in [0, 0.05) is 25.0 Å². The minimum absolute atomic E-state index is 0.0443. The van der Waals surface area contributed by atoms with Crippen molar-refractivity contribution in [1.82, 2.24) is 5.32 Å². The van der Waals surface area contributed by atoms with Crippen LogP contribution in [0.4, 0.5) is 13.2 Å². The maximum Gasteiger partial charge on any atom is 0.416 e. The summed E-state index contributed by atoms with van der Waals surface area (Å²) in [7, 11) is 0. The average molecular weight is 379 g/mol. The second-order valence-electron chi connectivity index (χ2n) is 6.73. The molecule has 0 radical (unpaired) electrons. The summed E-state index contributed by atoms with van der Waals surface area (Å²) >= 11 is 0. The summed E-state index contributed by atoms with van der Waals surface area (Å²) in [6, 6.07) is 1.41. The predicted octanol–water partition coefficient (Wildman–Crippen LogP) is 2.69. The smallest absolute Gasteiger partial charge is 0.388 e. The number of nitrogens with two attached hydrogens (primary N) is 2. The highest BCUT2D eigenvalue weighted by molar-refractivity contribution is 5.76. The summed E-state index contributed by atoms with van der Waals surface area (Å²) in [5, 5.41) is 19.6. The minimum Gasteiger partial charge on any atom is -0.388 e. The number of rotatable bonds is 7. The summed E-state index contributed by atoms with van der Waals surface area (Å²) < 4.78 is 38.4. The maximum absolute atomic E-state index is 12.8. The Hall–Kier alpha value is -2.37. The van der Waals surface area contributed by atoms with Crippen LogP contribution >= 0.6 is 0 Å². The first-order valence-corrected chi connectivity index (χ1v) is 8.77. The summed E-state index contributed by atoms with van der Waals surface area (Å²) in [6.07, 6.45) is 6.11. The van der Waals surface area contributed by atoms with Crippen molar-refractivity contribution < 1.29 is 13.2 Å². The first-order valence-electron chi connectivity index (χ1n) is 8.77. The van der Waals surface area contributed by atoms with Gasteiger partial charge in [-0.05, 0) is 24.3 Å². The molecule has 2 aliphatic carbocycles. The number of nitriles is 1. The first-order chi connectivity index (χ1) is 12.7. The first kappa shape index (κ1) is 20.9. The highest BCUT2D eigenvalue weighted by atomic mass is 19.4. The molecule has 0 heterocycles. The molecule has 0 amide bonds. The van der Waals surface area contributed by atoms with Crippen molar-refractivity contribution in [2.75, 3.05) is 6.54 Å². The van der Waals surface area contributed by atoms with Crippen molar-refractivity contribution in [1.29, 1.82) is 10.7 Å². The molecular formula is C19H24F3N5. The van der Waals surface area contributed by atoms with Gasteiger partial charge in [-0.25, -0.2) is 0 Å². The molecule has 0 saturated heterocycles. The van der Waals surface area contributed by atoms with Gasteiger partial charge in [0.25, 0.3) is 0 Å². The Bertz CT molecular complexity index is 712. The van der Waals surface area contributed by atoms with Gasteiger partial charge in [0.2, 0.25) is 0 Å². The van der Waals surface area contributed by atoms with Gasteiger partial charge in [-0.1, -0.05) is 36.5 Å². The van der Waals surface area contributed by atoms with Crippen LogP contribution < -0.4 is 16.8 Å². The zero-order valence-electron chi connectivity index (χ0n) is 14.8. The topological polar surface area (TPSA) is 112 Å². The van der Waals surface area contributed by atoms with E-state index in [4.69, 9.17) is 22.1 Å². The number of nitrogens with one attached hydrogen (secondary N) is 2. The Morgan fingerprint density at radius 1 is 1.30 bits per heavy atom. The Kier molecular flexibility index (Phi) is 6.99. The molecule has 0 spiro atoms. The highest BCUT2D eigenvalue weighted by Gasteiger charge is 2.35. The summed E-state index contributed by atoms with van der Waals surface area (Å²) in [5.74, 6) is -0.397. The van der Waals surface area contributed by atoms with Gasteiger partial charge in [0.05, 0.1) is 23.4 Å². The van der Waals surface area contributed by atoms with Gasteiger partial charge < -0.3 is 16.8 Å². The van der Waals surface area contributed by atoms with E-state index in [9.17, 15) is 13.2 Å². The lowest BCUT2D eigenvalue weighted by molar-refractivity contribution is -0.0887. The second kappa shape index (κ2) is 9.02. The molecular weight excluding hydrogens is 355 g/mol. The largest absolute Gasteiger partial charge is 0.416 e. The van der Waals surface area contributed by atoms with Gasteiger partial charge in [0.1, 0.15) is 0 Å². The molecule has 2 rings (SSSR count). The van der Waals surface area contributed by atoms with Crippen LogP contribution in [0.5, 0.6) is 0 Å². The van der Waals surface area contributed by atoms with Crippen LogP contribution in [0.2, 0.25) is 0 Å². The molecule has 4 atom stereocenters. The third-order valence-electron chi connectivity index (χ3n) is 4.75. The molecule has 27 heavy (non-hydrogen) atoms. The van der Waals surface area contributed by atoms with Crippen molar-refractivity contribution in [3.05, 3.63) is 47.6 Å². The lowest BCUT2D eigenvalue weighted by atomic mass is 9.82. The van der Waals surface area contributed by atoms with Crippen LogP contribution in [0.15, 0.2) is 47.6 Å². The van der Waals surface area contributed by atoms with E-state index in [0.717, 1.165) is 11.6 Å². The molecule has 2 aliphatic rings. The van der Waals surface area contributed by atoms with Gasteiger partial charge in [-0.3, -0.25) is 5.41 Å². The third-order valence-corrected chi connectivity index (χ3v) is 4.75. The molecule has 6 N–H and O–H groups in total. The van der Waals surface area contributed by atoms with E-state index < -0.39 is 17.8 Å². The van der Waals surface area contributed by atoms with Crippen LogP contribution in [0.25, 0.3) is 0 Å². The minimum atomic E-state index is -4.36. The molecule has 0 saturated carbocycles. The summed E-state index contributed by atoms with van der Waals surface area (Å²) in [6.45, 7) is 0.431. The quantitative estimate of drug-likeness (QED) is 0.402. The van der Waals surface area contributed by atoms with Crippen molar-refractivity contribution >= 4 is 5.84 Å². The molecule has 8 heteroatoms. The molecule has 0 aromatic rings. The molecule has 5 nitrogen and oxygen atoms in total. The van der Waals surface area contributed by atoms with E-state index in [1.807, 2.05) is 12.2 Å². The van der Waals surface area contributed by atoms with Crippen molar-refractivity contribution in [2.24, 2.45) is 23.3 Å². The summed E-state index contributed by atoms with van der Waals surface area (Å²) in [4.78, 5) is 0. The van der Waals surface area contributed by atoms with Gasteiger partial charge in [0.15, 0.2) is 0 Å². The van der Waals surface area contributed by atoms with Crippen LogP contribution in [0, 0.1) is 28.6 Å². The highest BCUT2D eigenvalue weighted by Crippen LogP contribution is 2.32. The standard InChI is InChI=1S/C19H24F3N5/c20-19(21,22)15-7-5-13(6-8-15)17(26)18(27-10-9-16(24)25)14-3-1-12(11-23)2-4-14/h1,3-5,7-8,12-13,17-18,27H,2,6,9-10,26H2,(H3,24,25). The number of halogens is 3. The lowest BCUT2D eigenvalue weighted by Gasteiger charge is -2.33. The van der Waals surface area contributed by atoms with Gasteiger partial charge in [-0.2, -0.15) is 18.4 Å².